The van der Waals surface area contributed by atoms with Crippen LogP contribution in [0.25, 0.3) is 10.8 Å². The molecule has 17 heavy (non-hydrogen) atoms. The standard InChI is InChI=1S/C11H11N.C3H8.C2H6/c1-8-9(2)12-7-10-5-3-4-6-11(8)10;1-3-2;1-2/h3-7H,1-2H3;3H2,1-2H3;1-2H3. The van der Waals surface area contributed by atoms with Crippen molar-refractivity contribution in [2.45, 2.75) is 48.0 Å². The van der Waals surface area contributed by atoms with Gasteiger partial charge in [0.15, 0.2) is 0 Å². The topological polar surface area (TPSA) is 12.9 Å². The van der Waals surface area contributed by atoms with Crippen molar-refractivity contribution in [1.82, 2.24) is 4.98 Å². The summed E-state index contributed by atoms with van der Waals surface area (Å²) in [6.45, 7) is 12.4. The van der Waals surface area contributed by atoms with Crippen molar-refractivity contribution in [3.05, 3.63) is 41.7 Å². The average Bonchev–Trinajstić information content (AvgIpc) is 2.38. The third-order valence-electron chi connectivity index (χ3n) is 2.30. The van der Waals surface area contributed by atoms with Crippen molar-refractivity contribution in [2.75, 3.05) is 0 Å². The highest BCUT2D eigenvalue weighted by molar-refractivity contribution is 5.85. The van der Waals surface area contributed by atoms with Crippen LogP contribution < -0.4 is 0 Å². The minimum absolute atomic E-state index is 1.12. The first-order valence-corrected chi connectivity index (χ1v) is 6.51. The summed E-state index contributed by atoms with van der Waals surface area (Å²) in [6.07, 6.45) is 3.18. The summed E-state index contributed by atoms with van der Waals surface area (Å²) in [5.41, 5.74) is 2.40. The van der Waals surface area contributed by atoms with Crippen molar-refractivity contribution in [3.63, 3.8) is 0 Å². The zero-order valence-electron chi connectivity index (χ0n) is 12.0. The second kappa shape index (κ2) is 8.74. The quantitative estimate of drug-likeness (QED) is 0.600. The van der Waals surface area contributed by atoms with Gasteiger partial charge in [-0.05, 0) is 24.8 Å². The van der Waals surface area contributed by atoms with Gasteiger partial charge in [-0.2, -0.15) is 0 Å². The van der Waals surface area contributed by atoms with Crippen LogP contribution in [0.1, 0.15) is 45.4 Å². The molecule has 1 aromatic heterocycles. The highest BCUT2D eigenvalue weighted by atomic mass is 14.7. The molecule has 0 fully saturated rings. The summed E-state index contributed by atoms with van der Waals surface area (Å²) in [7, 11) is 0. The molecule has 0 aliphatic rings. The Balaban J connectivity index is 0.000000450. The maximum Gasteiger partial charge on any atom is 0.0408 e. The Morgan fingerprint density at radius 2 is 1.53 bits per heavy atom. The van der Waals surface area contributed by atoms with Crippen molar-refractivity contribution >= 4 is 10.8 Å². The maximum atomic E-state index is 4.31. The summed E-state index contributed by atoms with van der Waals surface area (Å²) in [5.74, 6) is 0. The number of nitrogens with zero attached hydrogens (tertiary/aromatic N) is 1. The summed E-state index contributed by atoms with van der Waals surface area (Å²) < 4.78 is 0. The van der Waals surface area contributed by atoms with Crippen LogP contribution in [0.5, 0.6) is 0 Å². The van der Waals surface area contributed by atoms with Crippen molar-refractivity contribution in [3.8, 4) is 0 Å². The van der Waals surface area contributed by atoms with E-state index in [0.717, 1.165) is 5.69 Å². The van der Waals surface area contributed by atoms with Gasteiger partial charge in [0.25, 0.3) is 0 Å². The predicted molar refractivity (Wildman–Crippen MR) is 78.5 cm³/mol. The number of rotatable bonds is 0. The number of benzene rings is 1. The number of hydrogen-bond acceptors (Lipinski definition) is 1. The molecule has 0 saturated heterocycles. The molecule has 1 nitrogen and oxygen atoms in total. The van der Waals surface area contributed by atoms with Gasteiger partial charge < -0.3 is 0 Å². The molecule has 0 spiro atoms. The molecule has 1 heteroatoms. The lowest BCUT2D eigenvalue weighted by atomic mass is 10.1. The van der Waals surface area contributed by atoms with Crippen LogP contribution in [-0.4, -0.2) is 4.98 Å². The van der Waals surface area contributed by atoms with E-state index in [1.165, 1.54) is 22.8 Å². The van der Waals surface area contributed by atoms with E-state index in [0.29, 0.717) is 0 Å². The second-order valence-electron chi connectivity index (χ2n) is 3.76. The molecule has 0 N–H and O–H groups in total. The highest BCUT2D eigenvalue weighted by Crippen LogP contribution is 2.18. The third-order valence-corrected chi connectivity index (χ3v) is 2.30. The fraction of sp³-hybridized carbons (Fsp3) is 0.438. The summed E-state index contributed by atoms with van der Waals surface area (Å²) >= 11 is 0. The van der Waals surface area contributed by atoms with E-state index < -0.39 is 0 Å². The number of fused-ring (bicyclic) bond motifs is 1. The van der Waals surface area contributed by atoms with Crippen LogP contribution in [0, 0.1) is 13.8 Å². The Morgan fingerprint density at radius 1 is 1.00 bits per heavy atom. The van der Waals surface area contributed by atoms with Gasteiger partial charge in [0.05, 0.1) is 0 Å². The van der Waals surface area contributed by atoms with Crippen molar-refractivity contribution in [2.24, 2.45) is 0 Å². The van der Waals surface area contributed by atoms with Crippen LogP contribution in [0.2, 0.25) is 0 Å². The van der Waals surface area contributed by atoms with Gasteiger partial charge in [-0.1, -0.05) is 58.4 Å². The first kappa shape index (κ1) is 15.6. The monoisotopic (exact) mass is 231 g/mol. The van der Waals surface area contributed by atoms with Gasteiger partial charge in [-0.15, -0.1) is 0 Å². The molecule has 94 valence electrons. The molecule has 0 aliphatic carbocycles. The smallest absolute Gasteiger partial charge is 0.0408 e. The molecular formula is C16H25N. The summed E-state index contributed by atoms with van der Waals surface area (Å²) in [4.78, 5) is 4.31. The minimum atomic E-state index is 1.12. The average molecular weight is 231 g/mol. The SMILES string of the molecule is CC.CCC.Cc1ncc2ccccc2c1C. The zero-order chi connectivity index (χ0) is 13.3. The van der Waals surface area contributed by atoms with E-state index in [1.54, 1.807) is 0 Å². The molecule has 0 unspecified atom stereocenters. The van der Waals surface area contributed by atoms with Gasteiger partial charge in [0.1, 0.15) is 0 Å². The van der Waals surface area contributed by atoms with Gasteiger partial charge >= 0.3 is 0 Å². The van der Waals surface area contributed by atoms with Crippen molar-refractivity contribution < 1.29 is 0 Å². The highest BCUT2D eigenvalue weighted by Gasteiger charge is 1.98. The molecule has 2 aromatic rings. The first-order valence-electron chi connectivity index (χ1n) is 6.51. The molecule has 0 atom stereocenters. The van der Waals surface area contributed by atoms with Gasteiger partial charge in [-0.25, -0.2) is 0 Å². The predicted octanol–water partition coefficient (Wildman–Crippen LogP) is 5.29. The zero-order valence-corrected chi connectivity index (χ0v) is 12.0. The van der Waals surface area contributed by atoms with Crippen LogP contribution in [0.15, 0.2) is 30.5 Å². The lowest BCUT2D eigenvalue weighted by Gasteiger charge is -2.03. The molecule has 0 bridgehead atoms. The molecule has 0 radical (unpaired) electrons. The fourth-order valence-electron chi connectivity index (χ4n) is 1.41. The van der Waals surface area contributed by atoms with E-state index in [4.69, 9.17) is 0 Å². The summed E-state index contributed by atoms with van der Waals surface area (Å²) in [6, 6.07) is 8.34. The number of hydrogen-bond donors (Lipinski definition) is 0. The Bertz CT molecular complexity index is 432. The van der Waals surface area contributed by atoms with Crippen LogP contribution in [0.3, 0.4) is 0 Å². The second-order valence-corrected chi connectivity index (χ2v) is 3.76. The molecule has 0 amide bonds. The Morgan fingerprint density at radius 3 is 2.12 bits per heavy atom. The van der Waals surface area contributed by atoms with E-state index in [1.807, 2.05) is 33.0 Å². The molecule has 1 aromatic carbocycles. The van der Waals surface area contributed by atoms with E-state index in [2.05, 4.69) is 44.0 Å². The molecule has 1 heterocycles. The van der Waals surface area contributed by atoms with Gasteiger partial charge in [0.2, 0.25) is 0 Å². The lowest BCUT2D eigenvalue weighted by molar-refractivity contribution is 1.09. The van der Waals surface area contributed by atoms with Crippen LogP contribution in [-0.2, 0) is 0 Å². The first-order chi connectivity index (χ1) is 8.20. The lowest BCUT2D eigenvalue weighted by Crippen LogP contribution is -1.87. The number of aromatic nitrogens is 1. The van der Waals surface area contributed by atoms with Gasteiger partial charge in [0, 0.05) is 17.3 Å². The fourth-order valence-corrected chi connectivity index (χ4v) is 1.41. The molecule has 0 aliphatic heterocycles. The number of aryl methyl sites for hydroxylation is 2. The van der Waals surface area contributed by atoms with E-state index in [9.17, 15) is 0 Å². The molecular weight excluding hydrogens is 206 g/mol. The molecule has 2 rings (SSSR count). The summed E-state index contributed by atoms with van der Waals surface area (Å²) in [5, 5.41) is 2.53. The Hall–Kier alpha value is -1.37. The largest absolute Gasteiger partial charge is 0.261 e. The Labute approximate surface area is 106 Å². The Kier molecular flexibility index (Phi) is 8.04. The van der Waals surface area contributed by atoms with Crippen LogP contribution in [0.4, 0.5) is 0 Å². The van der Waals surface area contributed by atoms with Crippen LogP contribution >= 0.6 is 0 Å². The minimum Gasteiger partial charge on any atom is -0.261 e. The normalized spacial score (nSPS) is 8.82. The van der Waals surface area contributed by atoms with E-state index in [-0.39, 0.29) is 0 Å². The maximum absolute atomic E-state index is 4.31. The van der Waals surface area contributed by atoms with Crippen molar-refractivity contribution in [1.29, 1.82) is 0 Å². The number of pyridine rings is 1. The third kappa shape index (κ3) is 4.56. The van der Waals surface area contributed by atoms with Gasteiger partial charge in [-0.3, -0.25) is 4.98 Å². The molecule has 0 saturated carbocycles. The van der Waals surface area contributed by atoms with E-state index >= 15 is 0 Å².